The first kappa shape index (κ1) is 19.2. The first-order chi connectivity index (χ1) is 13.4. The predicted molar refractivity (Wildman–Crippen MR) is 105 cm³/mol. The predicted octanol–water partition coefficient (Wildman–Crippen LogP) is 3.75. The van der Waals surface area contributed by atoms with Gasteiger partial charge in [0.25, 0.3) is 11.8 Å². The zero-order valence-corrected chi connectivity index (χ0v) is 15.7. The maximum Gasteiger partial charge on any atom is 0.271 e. The molecule has 1 aliphatic rings. The van der Waals surface area contributed by atoms with Crippen molar-refractivity contribution in [3.8, 4) is 11.8 Å². The van der Waals surface area contributed by atoms with Crippen molar-refractivity contribution in [3.63, 3.8) is 0 Å². The monoisotopic (exact) mass is 393 g/mol. The number of nitrogens with one attached hydrogen (secondary N) is 1. The molecule has 0 unspecified atom stereocenters. The number of amides is 2. The number of carbonyl (C=O) groups is 2. The van der Waals surface area contributed by atoms with E-state index >= 15 is 0 Å². The third-order valence-corrected chi connectivity index (χ3v) is 4.57. The van der Waals surface area contributed by atoms with Crippen LogP contribution in [0.3, 0.4) is 0 Å². The van der Waals surface area contributed by atoms with Gasteiger partial charge in [-0.25, -0.2) is 0 Å². The number of hydrogen-bond acceptors (Lipinski definition) is 5. The maximum atomic E-state index is 12.9. The number of phenols is 1. The average molecular weight is 394 g/mol. The fraction of sp³-hybridized carbons (Fsp3) is 0.0952. The Morgan fingerprint density at radius 3 is 2.57 bits per heavy atom. The van der Waals surface area contributed by atoms with Gasteiger partial charge in [-0.2, -0.15) is 5.26 Å². The Kier molecular flexibility index (Phi) is 5.48. The summed E-state index contributed by atoms with van der Waals surface area (Å²) in [6.07, 6.45) is 1.37. The highest BCUT2D eigenvalue weighted by atomic mass is 35.5. The number of benzene rings is 2. The van der Waals surface area contributed by atoms with Crippen LogP contribution < -0.4 is 5.32 Å². The summed E-state index contributed by atoms with van der Waals surface area (Å²) in [7, 11) is 0. The molecule has 0 aromatic heterocycles. The van der Waals surface area contributed by atoms with Crippen molar-refractivity contribution in [1.29, 1.82) is 5.26 Å². The minimum absolute atomic E-state index is 0.0520. The van der Waals surface area contributed by atoms with E-state index in [1.54, 1.807) is 31.2 Å². The first-order valence-corrected chi connectivity index (χ1v) is 8.77. The summed E-state index contributed by atoms with van der Waals surface area (Å²) >= 11 is 5.93. The maximum absolute atomic E-state index is 12.9. The fourth-order valence-corrected chi connectivity index (χ4v) is 2.99. The summed E-state index contributed by atoms with van der Waals surface area (Å²) < 4.78 is 0. The molecule has 0 spiro atoms. The van der Waals surface area contributed by atoms with Crippen LogP contribution in [0.15, 0.2) is 71.5 Å². The van der Waals surface area contributed by atoms with Crippen molar-refractivity contribution >= 4 is 29.1 Å². The Morgan fingerprint density at radius 2 is 1.89 bits per heavy atom. The minimum Gasteiger partial charge on any atom is -0.506 e. The van der Waals surface area contributed by atoms with Crippen LogP contribution in [0.2, 0.25) is 5.02 Å². The molecule has 0 aliphatic carbocycles. The average Bonchev–Trinajstić information content (AvgIpc) is 2.69. The number of rotatable bonds is 4. The van der Waals surface area contributed by atoms with Gasteiger partial charge in [0.1, 0.15) is 17.4 Å². The molecule has 0 saturated carbocycles. The Hall–Kier alpha value is -3.56. The quantitative estimate of drug-likeness (QED) is 0.468. The van der Waals surface area contributed by atoms with E-state index in [2.05, 4.69) is 5.32 Å². The second kappa shape index (κ2) is 7.99. The van der Waals surface area contributed by atoms with E-state index in [-0.39, 0.29) is 29.0 Å². The van der Waals surface area contributed by atoms with Crippen molar-refractivity contribution in [3.05, 3.63) is 82.0 Å². The number of halogens is 1. The van der Waals surface area contributed by atoms with E-state index in [1.807, 2.05) is 12.1 Å². The van der Waals surface area contributed by atoms with E-state index in [4.69, 9.17) is 11.6 Å². The van der Waals surface area contributed by atoms with Gasteiger partial charge in [0.15, 0.2) is 0 Å². The number of aromatic hydroxyl groups is 1. The third-order valence-electron chi connectivity index (χ3n) is 4.34. The molecule has 0 saturated heterocycles. The van der Waals surface area contributed by atoms with E-state index < -0.39 is 11.8 Å². The number of hydrogen-bond donors (Lipinski definition) is 2. The van der Waals surface area contributed by atoms with Gasteiger partial charge in [0, 0.05) is 11.2 Å². The number of anilines is 1. The van der Waals surface area contributed by atoms with E-state index in [0.717, 1.165) is 10.5 Å². The molecule has 7 heteroatoms. The second-order valence-electron chi connectivity index (χ2n) is 6.16. The molecule has 140 valence electrons. The third kappa shape index (κ3) is 3.75. The molecule has 2 amide bonds. The van der Waals surface area contributed by atoms with Crippen molar-refractivity contribution < 1.29 is 14.7 Å². The van der Waals surface area contributed by atoms with Crippen molar-refractivity contribution in [2.24, 2.45) is 0 Å². The van der Waals surface area contributed by atoms with Crippen molar-refractivity contribution in [2.45, 2.75) is 13.5 Å². The summed E-state index contributed by atoms with van der Waals surface area (Å²) in [5.41, 5.74) is 1.40. The van der Waals surface area contributed by atoms with Crippen LogP contribution in [0.25, 0.3) is 0 Å². The molecule has 2 aromatic carbocycles. The molecule has 0 fully saturated rings. The lowest BCUT2D eigenvalue weighted by molar-refractivity contribution is -0.141. The number of carbonyl (C=O) groups excluding carboxylic acids is 2. The number of phenolic OH excluding ortho intramolecular Hbond substituents is 1. The second-order valence-corrected chi connectivity index (χ2v) is 6.59. The lowest BCUT2D eigenvalue weighted by Crippen LogP contribution is -2.42. The van der Waals surface area contributed by atoms with Gasteiger partial charge in [-0.05, 0) is 36.3 Å². The molecule has 0 atom stereocenters. The lowest BCUT2D eigenvalue weighted by Gasteiger charge is -2.27. The van der Waals surface area contributed by atoms with E-state index in [0.29, 0.717) is 10.7 Å². The lowest BCUT2D eigenvalue weighted by atomic mass is 9.95. The van der Waals surface area contributed by atoms with Crippen molar-refractivity contribution in [1.82, 2.24) is 4.90 Å². The highest BCUT2D eigenvalue weighted by Gasteiger charge is 2.35. The summed E-state index contributed by atoms with van der Waals surface area (Å²) in [6.45, 7) is 1.59. The van der Waals surface area contributed by atoms with Gasteiger partial charge in [-0.15, -0.1) is 0 Å². The van der Waals surface area contributed by atoms with Gasteiger partial charge < -0.3 is 10.4 Å². The van der Waals surface area contributed by atoms with Gasteiger partial charge in [-0.3, -0.25) is 14.5 Å². The normalized spacial score (nSPS) is 15.8. The molecular weight excluding hydrogens is 378 g/mol. The number of nitriles is 1. The zero-order valence-electron chi connectivity index (χ0n) is 14.9. The topological polar surface area (TPSA) is 93.4 Å². The summed E-state index contributed by atoms with van der Waals surface area (Å²) in [5, 5.41) is 22.6. The van der Waals surface area contributed by atoms with Crippen LogP contribution in [-0.2, 0) is 16.1 Å². The molecule has 3 rings (SSSR count). The first-order valence-electron chi connectivity index (χ1n) is 8.39. The molecule has 2 N–H and O–H groups in total. The molecule has 28 heavy (non-hydrogen) atoms. The molecule has 1 aliphatic heterocycles. The van der Waals surface area contributed by atoms with Crippen LogP contribution in [-0.4, -0.2) is 21.8 Å². The van der Waals surface area contributed by atoms with Crippen LogP contribution in [0.1, 0.15) is 12.5 Å². The Labute approximate surface area is 167 Å². The smallest absolute Gasteiger partial charge is 0.271 e. The van der Waals surface area contributed by atoms with E-state index in [1.165, 1.54) is 24.4 Å². The number of imide groups is 1. The molecule has 2 aromatic rings. The Bertz CT molecular complexity index is 1050. The summed E-state index contributed by atoms with van der Waals surface area (Å²) in [4.78, 5) is 26.6. The van der Waals surface area contributed by atoms with Crippen LogP contribution in [0.5, 0.6) is 5.75 Å². The van der Waals surface area contributed by atoms with Gasteiger partial charge in [0.2, 0.25) is 0 Å². The Balaban J connectivity index is 1.98. The molecule has 6 nitrogen and oxygen atoms in total. The summed E-state index contributed by atoms with van der Waals surface area (Å²) in [6, 6.07) is 15.4. The largest absolute Gasteiger partial charge is 0.506 e. The van der Waals surface area contributed by atoms with E-state index in [9.17, 15) is 20.0 Å². The highest BCUT2D eigenvalue weighted by molar-refractivity contribution is 6.31. The zero-order chi connectivity index (χ0) is 20.3. The van der Waals surface area contributed by atoms with Gasteiger partial charge >= 0.3 is 0 Å². The SMILES string of the molecule is CC1=C(C#N)C(=O)N(Cc2ccccc2)C(=O)/C1=C/Nc1cc(Cl)ccc1O. The van der Waals surface area contributed by atoms with Gasteiger partial charge in [0.05, 0.1) is 17.8 Å². The molecule has 1 heterocycles. The number of nitrogens with zero attached hydrogens (tertiary/aromatic N) is 2. The van der Waals surface area contributed by atoms with Crippen LogP contribution in [0, 0.1) is 11.3 Å². The Morgan fingerprint density at radius 1 is 1.18 bits per heavy atom. The molecular formula is C21H16ClN3O3. The van der Waals surface area contributed by atoms with Crippen LogP contribution >= 0.6 is 11.6 Å². The molecule has 0 radical (unpaired) electrons. The van der Waals surface area contributed by atoms with Crippen LogP contribution in [0.4, 0.5) is 5.69 Å². The fourth-order valence-electron chi connectivity index (χ4n) is 2.81. The van der Waals surface area contributed by atoms with Crippen molar-refractivity contribution in [2.75, 3.05) is 5.32 Å². The summed E-state index contributed by atoms with van der Waals surface area (Å²) in [5.74, 6) is -1.21. The standard InChI is InChI=1S/C21H16ClN3O3/c1-13-16(10-23)20(27)25(12-14-5-3-2-4-6-14)21(28)17(13)11-24-18-9-15(22)7-8-19(18)26/h2-9,11,24,26H,12H2,1H3/b17-11+. The molecule has 0 bridgehead atoms. The highest BCUT2D eigenvalue weighted by Crippen LogP contribution is 2.29. The minimum atomic E-state index is -0.628. The van der Waals surface area contributed by atoms with Gasteiger partial charge in [-0.1, -0.05) is 41.9 Å².